The Morgan fingerprint density at radius 3 is 2.17 bits per heavy atom. The van der Waals surface area contributed by atoms with Gasteiger partial charge in [-0.2, -0.15) is 0 Å². The lowest BCUT2D eigenvalue weighted by atomic mass is 10.1. The lowest BCUT2D eigenvalue weighted by Crippen LogP contribution is -2.37. The first kappa shape index (κ1) is 20.1. The third kappa shape index (κ3) is 5.23. The molecule has 3 aromatic carbocycles. The van der Waals surface area contributed by atoms with Gasteiger partial charge < -0.3 is 15.0 Å². The van der Waals surface area contributed by atoms with Gasteiger partial charge in [-0.15, -0.1) is 0 Å². The Labute approximate surface area is 170 Å². The summed E-state index contributed by atoms with van der Waals surface area (Å²) in [5.41, 5.74) is 3.44. The summed E-state index contributed by atoms with van der Waals surface area (Å²) < 4.78 is 5.75. The van der Waals surface area contributed by atoms with Crippen LogP contribution in [0.4, 0.5) is 11.4 Å². The molecule has 0 aliphatic rings. The monoisotopic (exact) mass is 388 g/mol. The molecule has 0 bridgehead atoms. The van der Waals surface area contributed by atoms with Crippen molar-refractivity contribution in [1.82, 2.24) is 0 Å². The number of anilines is 2. The van der Waals surface area contributed by atoms with Gasteiger partial charge in [0.25, 0.3) is 0 Å². The maximum Gasteiger partial charge on any atom is 0.244 e. The molecule has 3 aromatic rings. The molecule has 0 aliphatic heterocycles. The van der Waals surface area contributed by atoms with E-state index in [-0.39, 0.29) is 18.4 Å². The van der Waals surface area contributed by atoms with Crippen molar-refractivity contribution in [2.24, 2.45) is 0 Å². The highest BCUT2D eigenvalue weighted by molar-refractivity contribution is 6.02. The molecule has 0 radical (unpaired) electrons. The molecule has 0 spiro atoms. The lowest BCUT2D eigenvalue weighted by Gasteiger charge is -2.23. The van der Waals surface area contributed by atoms with E-state index in [4.69, 9.17) is 4.74 Å². The van der Waals surface area contributed by atoms with Crippen molar-refractivity contribution in [3.8, 4) is 11.5 Å². The standard InChI is InChI=1S/C24H24N2O3/c1-17-8-7-11-23(18(17)2)26(19(3)27)16-24(28)25-20-12-14-22(15-13-20)29-21-9-5-4-6-10-21/h4-15H,16H2,1-3H3,(H,25,28). The molecule has 0 saturated carbocycles. The van der Waals surface area contributed by atoms with Gasteiger partial charge in [-0.25, -0.2) is 0 Å². The van der Waals surface area contributed by atoms with Crippen LogP contribution in [0.25, 0.3) is 0 Å². The largest absolute Gasteiger partial charge is 0.457 e. The van der Waals surface area contributed by atoms with E-state index in [1.165, 1.54) is 11.8 Å². The van der Waals surface area contributed by atoms with Gasteiger partial charge in [0.2, 0.25) is 11.8 Å². The Morgan fingerprint density at radius 1 is 0.862 bits per heavy atom. The quantitative estimate of drug-likeness (QED) is 0.640. The molecule has 3 rings (SSSR count). The maximum absolute atomic E-state index is 12.5. The molecule has 1 N–H and O–H groups in total. The van der Waals surface area contributed by atoms with Gasteiger partial charge in [-0.3, -0.25) is 9.59 Å². The first-order valence-corrected chi connectivity index (χ1v) is 9.41. The number of rotatable bonds is 6. The Hall–Kier alpha value is -3.60. The van der Waals surface area contributed by atoms with Crippen LogP contribution in [0.1, 0.15) is 18.1 Å². The smallest absolute Gasteiger partial charge is 0.244 e. The summed E-state index contributed by atoms with van der Waals surface area (Å²) in [7, 11) is 0. The van der Waals surface area contributed by atoms with Crippen LogP contribution in [0.15, 0.2) is 72.8 Å². The summed E-state index contributed by atoms with van der Waals surface area (Å²) >= 11 is 0. The molecule has 29 heavy (non-hydrogen) atoms. The van der Waals surface area contributed by atoms with E-state index in [0.717, 1.165) is 22.6 Å². The number of carbonyl (C=O) groups excluding carboxylic acids is 2. The van der Waals surface area contributed by atoms with E-state index in [1.807, 2.05) is 62.4 Å². The fourth-order valence-corrected chi connectivity index (χ4v) is 2.97. The second-order valence-corrected chi connectivity index (χ2v) is 6.81. The summed E-state index contributed by atoms with van der Waals surface area (Å²) in [6.45, 7) is 5.34. The highest BCUT2D eigenvalue weighted by atomic mass is 16.5. The molecule has 0 aromatic heterocycles. The Bertz CT molecular complexity index is 998. The number of nitrogens with zero attached hydrogens (tertiary/aromatic N) is 1. The number of carbonyl (C=O) groups is 2. The van der Waals surface area contributed by atoms with Gasteiger partial charge in [-0.1, -0.05) is 30.3 Å². The summed E-state index contributed by atoms with van der Waals surface area (Å²) in [5, 5.41) is 2.83. The molecule has 0 aliphatic carbocycles. The van der Waals surface area contributed by atoms with Crippen molar-refractivity contribution >= 4 is 23.2 Å². The van der Waals surface area contributed by atoms with Gasteiger partial charge in [-0.05, 0) is 67.4 Å². The van der Waals surface area contributed by atoms with Crippen LogP contribution < -0.4 is 15.0 Å². The number of aryl methyl sites for hydroxylation is 1. The van der Waals surface area contributed by atoms with Crippen LogP contribution in [0.2, 0.25) is 0 Å². The van der Waals surface area contributed by atoms with E-state index in [1.54, 1.807) is 24.3 Å². The molecule has 0 fully saturated rings. The van der Waals surface area contributed by atoms with Crippen molar-refractivity contribution in [1.29, 1.82) is 0 Å². The van der Waals surface area contributed by atoms with Crippen molar-refractivity contribution in [2.75, 3.05) is 16.8 Å². The van der Waals surface area contributed by atoms with E-state index in [0.29, 0.717) is 11.4 Å². The minimum absolute atomic E-state index is 0.0537. The second-order valence-electron chi connectivity index (χ2n) is 6.81. The molecule has 148 valence electrons. The van der Waals surface area contributed by atoms with Crippen molar-refractivity contribution < 1.29 is 14.3 Å². The van der Waals surface area contributed by atoms with E-state index >= 15 is 0 Å². The summed E-state index contributed by atoms with van der Waals surface area (Å²) in [4.78, 5) is 26.2. The zero-order valence-corrected chi connectivity index (χ0v) is 16.8. The van der Waals surface area contributed by atoms with Gasteiger partial charge >= 0.3 is 0 Å². The Balaban J connectivity index is 1.66. The Morgan fingerprint density at radius 2 is 1.52 bits per heavy atom. The van der Waals surface area contributed by atoms with E-state index in [9.17, 15) is 9.59 Å². The van der Waals surface area contributed by atoms with Crippen LogP contribution in [0.5, 0.6) is 11.5 Å². The fraction of sp³-hybridized carbons (Fsp3) is 0.167. The fourth-order valence-electron chi connectivity index (χ4n) is 2.97. The number of hydrogen-bond acceptors (Lipinski definition) is 3. The summed E-state index contributed by atoms with van der Waals surface area (Å²) in [5.74, 6) is 0.975. The predicted octanol–water partition coefficient (Wildman–Crippen LogP) is 5.09. The Kier molecular flexibility index (Phi) is 6.29. The molecule has 0 unspecified atom stereocenters. The minimum atomic E-state index is -0.266. The average Bonchev–Trinajstić information content (AvgIpc) is 2.71. The SMILES string of the molecule is CC(=O)N(CC(=O)Nc1ccc(Oc2ccccc2)cc1)c1cccc(C)c1C. The first-order chi connectivity index (χ1) is 13.9. The number of hydrogen-bond donors (Lipinski definition) is 1. The number of benzene rings is 3. The molecule has 5 heteroatoms. The normalized spacial score (nSPS) is 10.3. The van der Waals surface area contributed by atoms with E-state index in [2.05, 4.69) is 5.32 Å². The lowest BCUT2D eigenvalue weighted by molar-refractivity contribution is -0.120. The molecule has 5 nitrogen and oxygen atoms in total. The number of ether oxygens (including phenoxy) is 1. The van der Waals surface area contributed by atoms with E-state index < -0.39 is 0 Å². The summed E-state index contributed by atoms with van der Waals surface area (Å²) in [6.07, 6.45) is 0. The van der Waals surface area contributed by atoms with Crippen molar-refractivity contribution in [2.45, 2.75) is 20.8 Å². The molecule has 0 saturated heterocycles. The van der Waals surface area contributed by atoms with Gasteiger partial charge in [0, 0.05) is 18.3 Å². The zero-order valence-electron chi connectivity index (χ0n) is 16.8. The van der Waals surface area contributed by atoms with Crippen LogP contribution in [-0.2, 0) is 9.59 Å². The molecule has 0 atom stereocenters. The number of amides is 2. The molecular formula is C24H24N2O3. The number of para-hydroxylation sites is 1. The van der Waals surface area contributed by atoms with Crippen LogP contribution in [-0.4, -0.2) is 18.4 Å². The molecule has 2 amide bonds. The van der Waals surface area contributed by atoms with Crippen molar-refractivity contribution in [3.63, 3.8) is 0 Å². The molecule has 0 heterocycles. The summed E-state index contributed by atoms with van der Waals surface area (Å²) in [6, 6.07) is 22.3. The van der Waals surface area contributed by atoms with Crippen LogP contribution >= 0.6 is 0 Å². The minimum Gasteiger partial charge on any atom is -0.457 e. The number of nitrogens with one attached hydrogen (secondary N) is 1. The first-order valence-electron chi connectivity index (χ1n) is 9.41. The highest BCUT2D eigenvalue weighted by Gasteiger charge is 2.18. The average molecular weight is 388 g/mol. The van der Waals surface area contributed by atoms with Crippen LogP contribution in [0, 0.1) is 13.8 Å². The zero-order chi connectivity index (χ0) is 20.8. The second kappa shape index (κ2) is 9.06. The third-order valence-corrected chi connectivity index (χ3v) is 4.67. The highest BCUT2D eigenvalue weighted by Crippen LogP contribution is 2.24. The maximum atomic E-state index is 12.5. The van der Waals surface area contributed by atoms with Crippen molar-refractivity contribution in [3.05, 3.63) is 83.9 Å². The van der Waals surface area contributed by atoms with Gasteiger partial charge in [0.15, 0.2) is 0 Å². The predicted molar refractivity (Wildman–Crippen MR) is 116 cm³/mol. The molecular weight excluding hydrogens is 364 g/mol. The van der Waals surface area contributed by atoms with Crippen LogP contribution in [0.3, 0.4) is 0 Å². The van der Waals surface area contributed by atoms with Gasteiger partial charge in [0.1, 0.15) is 18.0 Å². The topological polar surface area (TPSA) is 58.6 Å². The third-order valence-electron chi connectivity index (χ3n) is 4.67. The van der Waals surface area contributed by atoms with Gasteiger partial charge in [0.05, 0.1) is 0 Å².